The Kier molecular flexibility index (Phi) is 4.49. The third-order valence-corrected chi connectivity index (χ3v) is 4.03. The van der Waals surface area contributed by atoms with Crippen LogP contribution in [0.2, 0.25) is 0 Å². The zero-order chi connectivity index (χ0) is 14.7. The van der Waals surface area contributed by atoms with Crippen molar-refractivity contribution < 1.29 is 15.0 Å². The molecule has 1 fully saturated rings. The summed E-state index contributed by atoms with van der Waals surface area (Å²) in [4.78, 5) is 14.0. The fourth-order valence-corrected chi connectivity index (χ4v) is 2.77. The van der Waals surface area contributed by atoms with Crippen molar-refractivity contribution in [3.8, 4) is 11.5 Å². The largest absolute Gasteiger partial charge is 0.504 e. The number of likely N-dealkylation sites (N-methyl/N-ethyl adjacent to an activating group) is 1. The molecule has 0 unspecified atom stereocenters. The molecular weight excluding hydrogens is 256 g/mol. The SMILES string of the molecule is CN(C(=O)[C@@H](N)Cc1ccc(O)c(O)c1)C1CCCC1. The van der Waals surface area contributed by atoms with Gasteiger partial charge in [-0.3, -0.25) is 4.79 Å². The van der Waals surface area contributed by atoms with E-state index in [2.05, 4.69) is 0 Å². The zero-order valence-electron chi connectivity index (χ0n) is 11.7. The first-order chi connectivity index (χ1) is 9.49. The molecule has 20 heavy (non-hydrogen) atoms. The minimum atomic E-state index is -0.621. The third kappa shape index (κ3) is 3.22. The minimum absolute atomic E-state index is 0.0653. The van der Waals surface area contributed by atoms with Crippen molar-refractivity contribution in [3.63, 3.8) is 0 Å². The van der Waals surface area contributed by atoms with Gasteiger partial charge < -0.3 is 20.8 Å². The highest BCUT2D eigenvalue weighted by Crippen LogP contribution is 2.26. The maximum atomic E-state index is 12.3. The molecule has 0 aromatic heterocycles. The van der Waals surface area contributed by atoms with E-state index in [1.807, 2.05) is 7.05 Å². The number of nitrogens with zero attached hydrogens (tertiary/aromatic N) is 1. The average Bonchev–Trinajstić information content (AvgIpc) is 2.95. The fraction of sp³-hybridized carbons (Fsp3) is 0.533. The molecule has 0 heterocycles. The van der Waals surface area contributed by atoms with E-state index >= 15 is 0 Å². The summed E-state index contributed by atoms with van der Waals surface area (Å²) < 4.78 is 0. The summed E-state index contributed by atoms with van der Waals surface area (Å²) in [6.45, 7) is 0. The molecule has 110 valence electrons. The molecule has 1 aromatic rings. The predicted molar refractivity (Wildman–Crippen MR) is 76.5 cm³/mol. The Balaban J connectivity index is 1.97. The maximum Gasteiger partial charge on any atom is 0.239 e. The summed E-state index contributed by atoms with van der Waals surface area (Å²) >= 11 is 0. The van der Waals surface area contributed by atoms with E-state index < -0.39 is 6.04 Å². The van der Waals surface area contributed by atoms with Crippen LogP contribution in [0.15, 0.2) is 18.2 Å². The second kappa shape index (κ2) is 6.13. The van der Waals surface area contributed by atoms with Crippen molar-refractivity contribution in [3.05, 3.63) is 23.8 Å². The van der Waals surface area contributed by atoms with Crippen LogP contribution < -0.4 is 5.73 Å². The van der Waals surface area contributed by atoms with Gasteiger partial charge in [-0.2, -0.15) is 0 Å². The fourth-order valence-electron chi connectivity index (χ4n) is 2.77. The molecule has 0 aliphatic heterocycles. The van der Waals surface area contributed by atoms with Gasteiger partial charge in [-0.05, 0) is 37.0 Å². The molecule has 5 heteroatoms. The quantitative estimate of drug-likeness (QED) is 0.726. The van der Waals surface area contributed by atoms with Gasteiger partial charge in [-0.25, -0.2) is 0 Å². The Labute approximate surface area is 119 Å². The first-order valence-electron chi connectivity index (χ1n) is 7.02. The van der Waals surface area contributed by atoms with Crippen molar-refractivity contribution in [1.29, 1.82) is 0 Å². The van der Waals surface area contributed by atoms with Crippen molar-refractivity contribution in [1.82, 2.24) is 4.90 Å². The number of nitrogens with two attached hydrogens (primary N) is 1. The average molecular weight is 278 g/mol. The molecule has 0 spiro atoms. The topological polar surface area (TPSA) is 86.8 Å². The molecule has 2 rings (SSSR count). The molecule has 1 amide bonds. The normalized spacial score (nSPS) is 17.1. The zero-order valence-corrected chi connectivity index (χ0v) is 11.7. The number of phenols is 2. The van der Waals surface area contributed by atoms with Crippen LogP contribution in [0.4, 0.5) is 0 Å². The van der Waals surface area contributed by atoms with E-state index in [0.29, 0.717) is 12.5 Å². The number of amides is 1. The Morgan fingerprint density at radius 3 is 2.60 bits per heavy atom. The van der Waals surface area contributed by atoms with Crippen LogP contribution in [0.3, 0.4) is 0 Å². The summed E-state index contributed by atoms with van der Waals surface area (Å²) in [6, 6.07) is 4.20. The lowest BCUT2D eigenvalue weighted by atomic mass is 10.0. The number of rotatable bonds is 4. The highest BCUT2D eigenvalue weighted by atomic mass is 16.3. The van der Waals surface area contributed by atoms with Gasteiger partial charge in [0.05, 0.1) is 6.04 Å². The van der Waals surface area contributed by atoms with Crippen molar-refractivity contribution in [2.24, 2.45) is 5.73 Å². The molecule has 1 aliphatic rings. The van der Waals surface area contributed by atoms with Crippen LogP contribution in [0.5, 0.6) is 11.5 Å². The van der Waals surface area contributed by atoms with E-state index in [4.69, 9.17) is 5.73 Å². The standard InChI is InChI=1S/C15H22N2O3/c1-17(11-4-2-3-5-11)15(20)12(16)8-10-6-7-13(18)14(19)9-10/h6-7,9,11-12,18-19H,2-5,8,16H2,1H3/t12-/m0/s1. The Hall–Kier alpha value is -1.75. The molecule has 1 aromatic carbocycles. The lowest BCUT2D eigenvalue weighted by molar-refractivity contribution is -0.133. The number of hydrogen-bond donors (Lipinski definition) is 3. The Morgan fingerprint density at radius 1 is 1.35 bits per heavy atom. The van der Waals surface area contributed by atoms with E-state index in [1.54, 1.807) is 11.0 Å². The molecular formula is C15H22N2O3. The first kappa shape index (κ1) is 14.7. The summed E-state index contributed by atoms with van der Waals surface area (Å²) in [6.07, 6.45) is 4.79. The van der Waals surface area contributed by atoms with Gasteiger partial charge >= 0.3 is 0 Å². The highest BCUT2D eigenvalue weighted by molar-refractivity contribution is 5.82. The molecule has 0 bridgehead atoms. The number of phenolic OH excluding ortho intramolecular Hbond substituents is 2. The van der Waals surface area contributed by atoms with Crippen molar-refractivity contribution in [2.45, 2.75) is 44.2 Å². The highest BCUT2D eigenvalue weighted by Gasteiger charge is 2.26. The summed E-state index contributed by atoms with van der Waals surface area (Å²) in [5.41, 5.74) is 6.71. The van der Waals surface area contributed by atoms with Gasteiger partial charge in [0.25, 0.3) is 0 Å². The van der Waals surface area contributed by atoms with Crippen LogP contribution in [-0.4, -0.2) is 40.2 Å². The third-order valence-electron chi connectivity index (χ3n) is 4.03. The lowest BCUT2D eigenvalue weighted by Gasteiger charge is -2.27. The van der Waals surface area contributed by atoms with Gasteiger partial charge in [-0.1, -0.05) is 18.9 Å². The van der Waals surface area contributed by atoms with Gasteiger partial charge in [-0.15, -0.1) is 0 Å². The molecule has 0 radical (unpaired) electrons. The maximum absolute atomic E-state index is 12.3. The predicted octanol–water partition coefficient (Wildman–Crippen LogP) is 1.37. The van der Waals surface area contributed by atoms with E-state index in [1.165, 1.54) is 25.0 Å². The number of benzene rings is 1. The Bertz CT molecular complexity index is 484. The molecule has 0 saturated heterocycles. The first-order valence-corrected chi connectivity index (χ1v) is 7.02. The van der Waals surface area contributed by atoms with Gasteiger partial charge in [0, 0.05) is 13.1 Å². The number of hydrogen-bond acceptors (Lipinski definition) is 4. The summed E-state index contributed by atoms with van der Waals surface area (Å²) in [5.74, 6) is -0.424. The van der Waals surface area contributed by atoms with Crippen molar-refractivity contribution in [2.75, 3.05) is 7.05 Å². The van der Waals surface area contributed by atoms with Crippen LogP contribution in [0.25, 0.3) is 0 Å². The summed E-state index contributed by atoms with van der Waals surface area (Å²) in [7, 11) is 1.81. The Morgan fingerprint density at radius 2 is 2.00 bits per heavy atom. The van der Waals surface area contributed by atoms with Gasteiger partial charge in [0.1, 0.15) is 0 Å². The minimum Gasteiger partial charge on any atom is -0.504 e. The second-order valence-corrected chi connectivity index (χ2v) is 5.52. The van der Waals surface area contributed by atoms with Crippen LogP contribution in [0, 0.1) is 0 Å². The lowest BCUT2D eigenvalue weighted by Crippen LogP contribution is -2.46. The van der Waals surface area contributed by atoms with Gasteiger partial charge in [0.15, 0.2) is 11.5 Å². The number of carbonyl (C=O) groups excluding carboxylic acids is 1. The van der Waals surface area contributed by atoms with Crippen LogP contribution in [0.1, 0.15) is 31.2 Å². The van der Waals surface area contributed by atoms with E-state index in [9.17, 15) is 15.0 Å². The number of aromatic hydroxyl groups is 2. The molecule has 1 aliphatic carbocycles. The molecule has 1 saturated carbocycles. The summed E-state index contributed by atoms with van der Waals surface area (Å²) in [5, 5.41) is 18.7. The molecule has 4 N–H and O–H groups in total. The number of carbonyl (C=O) groups is 1. The monoisotopic (exact) mass is 278 g/mol. The smallest absolute Gasteiger partial charge is 0.239 e. The van der Waals surface area contributed by atoms with Gasteiger partial charge in [0.2, 0.25) is 5.91 Å². The van der Waals surface area contributed by atoms with E-state index in [0.717, 1.165) is 18.4 Å². The second-order valence-electron chi connectivity index (χ2n) is 5.52. The van der Waals surface area contributed by atoms with Crippen molar-refractivity contribution >= 4 is 5.91 Å². The van der Waals surface area contributed by atoms with Crippen LogP contribution >= 0.6 is 0 Å². The van der Waals surface area contributed by atoms with E-state index in [-0.39, 0.29) is 17.4 Å². The van der Waals surface area contributed by atoms with Crippen LogP contribution in [-0.2, 0) is 11.2 Å². The molecule has 1 atom stereocenters. The molecule has 5 nitrogen and oxygen atoms in total.